The van der Waals surface area contributed by atoms with Crippen molar-refractivity contribution < 1.29 is 183 Å². The van der Waals surface area contributed by atoms with Crippen LogP contribution in [-0.2, 0) is 4.74 Å². The standard InChI is InChI=1S/C24H14F36O5/c25-3(26)11(37,38)19(49,50)9(63,1-61)17(21(53,54)13(41,42)5(29)30,22(55,56)14(43,44)6(31)32)65-18(23(57,58)15(45,46)7(33)34,24(59,60)16(47,48)8(35)36)10(64,2-62)20(51,52)12(39,40)4(27)28/h3-8,61-64H,1-2H2. The highest BCUT2D eigenvalue weighted by Crippen LogP contribution is 2.73. The molecule has 0 bridgehead atoms. The maximum atomic E-state index is 16.0. The van der Waals surface area contributed by atoms with Crippen molar-refractivity contribution in [1.82, 2.24) is 0 Å². The van der Waals surface area contributed by atoms with Crippen molar-refractivity contribution in [3.05, 3.63) is 0 Å². The largest absolute Gasteiger partial charge is 0.393 e. The lowest BCUT2D eigenvalue weighted by molar-refractivity contribution is -0.549. The Morgan fingerprint density at radius 3 is 0.492 bits per heavy atom. The van der Waals surface area contributed by atoms with E-state index in [1.807, 2.05) is 0 Å². The smallest absolute Gasteiger partial charge is 0.372 e. The molecule has 0 radical (unpaired) electrons. The summed E-state index contributed by atoms with van der Waals surface area (Å²) >= 11 is 0. The van der Waals surface area contributed by atoms with Crippen LogP contribution in [0.15, 0.2) is 0 Å². The number of hydrogen-bond donors (Lipinski definition) is 4. The fraction of sp³-hybridized carbons (Fsp3) is 1.00. The molecule has 0 amide bonds. The van der Waals surface area contributed by atoms with Crippen LogP contribution in [0, 0.1) is 0 Å². The van der Waals surface area contributed by atoms with E-state index in [2.05, 4.69) is 0 Å². The van der Waals surface area contributed by atoms with Gasteiger partial charge in [-0.2, -0.15) is 105 Å². The zero-order valence-electron chi connectivity index (χ0n) is 28.7. The van der Waals surface area contributed by atoms with Crippen LogP contribution < -0.4 is 0 Å². The number of halogens is 36. The fourth-order valence-electron chi connectivity index (χ4n) is 5.26. The van der Waals surface area contributed by atoms with Gasteiger partial charge in [0.05, 0.1) is 13.2 Å². The summed E-state index contributed by atoms with van der Waals surface area (Å²) in [6.07, 6.45) is -44.9. The van der Waals surface area contributed by atoms with Gasteiger partial charge in [-0.15, -0.1) is 0 Å². The maximum absolute atomic E-state index is 16.0. The lowest BCUT2D eigenvalue weighted by Gasteiger charge is -2.64. The van der Waals surface area contributed by atoms with Gasteiger partial charge >= 0.3 is 110 Å². The molecular weight excluding hydrogens is 1050 g/mol. The Kier molecular flexibility index (Phi) is 16.3. The van der Waals surface area contributed by atoms with Crippen molar-refractivity contribution in [3.63, 3.8) is 0 Å². The molecule has 0 fully saturated rings. The summed E-state index contributed by atoms with van der Waals surface area (Å²) in [6, 6.07) is 0. The molecule has 392 valence electrons. The predicted octanol–water partition coefficient (Wildman–Crippen LogP) is 9.14. The van der Waals surface area contributed by atoms with Gasteiger partial charge in [0, 0.05) is 0 Å². The highest BCUT2D eigenvalue weighted by atomic mass is 19.4. The van der Waals surface area contributed by atoms with Crippen LogP contribution in [0.2, 0.25) is 0 Å². The van der Waals surface area contributed by atoms with Crippen molar-refractivity contribution in [1.29, 1.82) is 0 Å². The van der Waals surface area contributed by atoms with Crippen molar-refractivity contribution >= 4 is 0 Å². The normalized spacial score (nSPS) is 18.2. The van der Waals surface area contributed by atoms with Crippen LogP contribution in [0.4, 0.5) is 158 Å². The third kappa shape index (κ3) is 7.34. The van der Waals surface area contributed by atoms with Crippen LogP contribution in [0.25, 0.3) is 0 Å². The Balaban J connectivity index is 11.8. The van der Waals surface area contributed by atoms with Gasteiger partial charge in [-0.25, -0.2) is 52.7 Å². The summed E-state index contributed by atoms with van der Waals surface area (Å²) in [6.45, 7) is -11.8. The van der Waals surface area contributed by atoms with Crippen LogP contribution in [-0.4, -0.2) is 166 Å². The second-order valence-corrected chi connectivity index (χ2v) is 12.5. The van der Waals surface area contributed by atoms with Gasteiger partial charge in [-0.1, -0.05) is 0 Å². The Bertz CT molecular complexity index is 1450. The molecular formula is C24H14F36O5. The molecule has 0 aliphatic rings. The fourth-order valence-corrected chi connectivity index (χ4v) is 5.26. The van der Waals surface area contributed by atoms with Crippen LogP contribution in [0.3, 0.4) is 0 Å². The van der Waals surface area contributed by atoms with Crippen molar-refractivity contribution in [2.75, 3.05) is 13.2 Å². The summed E-state index contributed by atoms with van der Waals surface area (Å²) in [7, 11) is 0. The average Bonchev–Trinajstić information content (AvgIpc) is 3.12. The molecule has 0 rings (SSSR count). The molecule has 65 heavy (non-hydrogen) atoms. The van der Waals surface area contributed by atoms with E-state index >= 15 is 52.7 Å². The lowest BCUT2D eigenvalue weighted by atomic mass is 9.61. The molecule has 0 saturated carbocycles. The van der Waals surface area contributed by atoms with E-state index in [0.29, 0.717) is 0 Å². The molecule has 41 heteroatoms. The van der Waals surface area contributed by atoms with Gasteiger partial charge in [-0.3, -0.25) is 0 Å². The molecule has 0 spiro atoms. The highest BCUT2D eigenvalue weighted by molar-refractivity contribution is 5.35. The molecule has 0 aromatic rings. The first-order chi connectivity index (χ1) is 28.0. The van der Waals surface area contributed by atoms with E-state index in [9.17, 15) is 116 Å². The van der Waals surface area contributed by atoms with Crippen LogP contribution >= 0.6 is 0 Å². The maximum Gasteiger partial charge on any atom is 0.372 e. The Labute approximate surface area is 329 Å². The molecule has 0 aliphatic carbocycles. The zero-order chi connectivity index (χ0) is 53.6. The lowest BCUT2D eigenvalue weighted by Crippen LogP contribution is -2.95. The van der Waals surface area contributed by atoms with Crippen molar-refractivity contribution in [3.8, 4) is 0 Å². The first-order valence-electron chi connectivity index (χ1n) is 14.6. The molecule has 2 unspecified atom stereocenters. The van der Waals surface area contributed by atoms with Gasteiger partial charge in [0.25, 0.3) is 0 Å². The van der Waals surface area contributed by atoms with Gasteiger partial charge < -0.3 is 25.2 Å². The van der Waals surface area contributed by atoms with E-state index in [-0.39, 0.29) is 0 Å². The topological polar surface area (TPSA) is 90.2 Å². The number of ether oxygens (including phenoxy) is 1. The van der Waals surface area contributed by atoms with Crippen LogP contribution in [0.1, 0.15) is 0 Å². The third-order valence-corrected chi connectivity index (χ3v) is 8.89. The van der Waals surface area contributed by atoms with E-state index in [4.69, 9.17) is 10.2 Å². The molecule has 0 heterocycles. The third-order valence-electron chi connectivity index (χ3n) is 8.89. The number of aliphatic hydroxyl groups is 4. The van der Waals surface area contributed by atoms with Crippen molar-refractivity contribution in [2.24, 2.45) is 0 Å². The Morgan fingerprint density at radius 1 is 0.262 bits per heavy atom. The summed E-state index contributed by atoms with van der Waals surface area (Å²) in [5.74, 6) is -120. The minimum absolute atomic E-state index is 1.08. The number of aliphatic hydroxyl groups excluding tert-OH is 2. The first kappa shape index (κ1) is 62.3. The average molecular weight is 1070 g/mol. The van der Waals surface area contributed by atoms with Gasteiger partial charge in [0.15, 0.2) is 11.2 Å². The molecule has 2 atom stereocenters. The Hall–Kier alpha value is -2.72. The van der Waals surface area contributed by atoms with Gasteiger partial charge in [0.2, 0.25) is 11.2 Å². The quantitative estimate of drug-likeness (QED) is 0.0725. The predicted molar refractivity (Wildman–Crippen MR) is 126 cm³/mol. The molecule has 0 saturated heterocycles. The molecule has 0 aromatic heterocycles. The zero-order valence-corrected chi connectivity index (χ0v) is 28.7. The van der Waals surface area contributed by atoms with Gasteiger partial charge in [-0.05, 0) is 0 Å². The second kappa shape index (κ2) is 17.1. The van der Waals surface area contributed by atoms with E-state index in [0.717, 1.165) is 4.74 Å². The number of rotatable bonds is 24. The minimum Gasteiger partial charge on any atom is -0.393 e. The van der Waals surface area contributed by atoms with Gasteiger partial charge in [0.1, 0.15) is 0 Å². The second-order valence-electron chi connectivity index (χ2n) is 12.5. The van der Waals surface area contributed by atoms with Crippen LogP contribution in [0.5, 0.6) is 0 Å². The monoisotopic (exact) mass is 1070 g/mol. The molecule has 4 N–H and O–H groups in total. The summed E-state index contributed by atoms with van der Waals surface area (Å²) < 4.78 is 527. The Morgan fingerprint density at radius 2 is 0.385 bits per heavy atom. The summed E-state index contributed by atoms with van der Waals surface area (Å²) in [5, 5.41) is 38.5. The summed E-state index contributed by atoms with van der Waals surface area (Å²) in [5.41, 5.74) is -42.2. The van der Waals surface area contributed by atoms with Crippen molar-refractivity contribution in [2.45, 2.75) is 132 Å². The van der Waals surface area contributed by atoms with E-state index in [1.54, 1.807) is 0 Å². The molecule has 0 aliphatic heterocycles. The summed E-state index contributed by atoms with van der Waals surface area (Å²) in [4.78, 5) is 0. The number of alkyl halides is 36. The van der Waals surface area contributed by atoms with E-state index < -0.39 is 145 Å². The minimum atomic E-state index is -11.3. The first-order valence-corrected chi connectivity index (χ1v) is 14.6. The van der Waals surface area contributed by atoms with E-state index in [1.165, 1.54) is 0 Å². The molecule has 0 aromatic carbocycles. The molecule has 5 nitrogen and oxygen atoms in total. The highest BCUT2D eigenvalue weighted by Gasteiger charge is 3.04. The number of hydrogen-bond acceptors (Lipinski definition) is 5. The SMILES string of the molecule is OCC(O)(C(F)(F)C(F)(F)C(F)F)C(OC(C(F)(F)C(F)(F)C(F)F)(C(F)(F)C(F)(F)C(F)F)C(O)(CO)C(F)(F)C(F)(F)C(F)F)(C(F)(F)C(F)(F)C(F)F)C(F)(F)C(F)(F)C(F)F.